The molecule has 322 valence electrons. The van der Waals surface area contributed by atoms with Crippen molar-refractivity contribution >= 4 is 17.7 Å². The van der Waals surface area contributed by atoms with Crippen LogP contribution in [0, 0.1) is 29.6 Å². The van der Waals surface area contributed by atoms with Gasteiger partial charge in [-0.3, -0.25) is 9.59 Å². The second kappa shape index (κ2) is 22.1. The number of allylic oxidation sites excluding steroid dienone is 5. The fourth-order valence-corrected chi connectivity index (χ4v) is 9.19. The number of nitrogens with zero attached hydrogens (tertiary/aromatic N) is 1. The summed E-state index contributed by atoms with van der Waals surface area (Å²) in [6.07, 6.45) is 15.3. The van der Waals surface area contributed by atoms with Crippen LogP contribution in [0.1, 0.15) is 131 Å². The molecular weight excluding hydrogens is 727 g/mol. The van der Waals surface area contributed by atoms with Crippen LogP contribution in [0.3, 0.4) is 0 Å². The van der Waals surface area contributed by atoms with Crippen molar-refractivity contribution in [1.82, 2.24) is 4.90 Å². The Bertz CT molecular complexity index is 1450. The number of hydrogen-bond donors (Lipinski definition) is 4. The normalized spacial score (nSPS) is 41.3. The van der Waals surface area contributed by atoms with E-state index in [0.29, 0.717) is 50.1 Å². The summed E-state index contributed by atoms with van der Waals surface area (Å²) in [7, 11) is 1.65. The minimum Gasteiger partial charge on any atom is -0.460 e. The molecule has 4 aliphatic rings. The molecule has 11 nitrogen and oxygen atoms in total. The van der Waals surface area contributed by atoms with Gasteiger partial charge in [0.15, 0.2) is 11.6 Å². The second-order valence-electron chi connectivity index (χ2n) is 17.9. The van der Waals surface area contributed by atoms with Gasteiger partial charge >= 0.3 is 5.97 Å². The van der Waals surface area contributed by atoms with E-state index >= 15 is 0 Å². The van der Waals surface area contributed by atoms with Crippen molar-refractivity contribution in [3.63, 3.8) is 0 Å². The standard InChI is InChI=1S/C46H73NO10/c1-29-13-9-8-10-14-30(2)40(55-7)27-37-22-17-34(6)46(54,57-37)28-41(49)47-24-12-11-15-38(47)45(53)56-39(32(4)26-35-18-20-36(48)21-19-35)23-16-31(3)42(50)44(52)43(51)33(5)25-29/h8-10,13-14,16,29,32-40,42,44,48,50,52,54H,11-12,15,17-28H2,1-7H3/b10-8-,13-9-,30-14-,31-16-/t29-,32-,33-,34-,35?,36?,37+,38+,39+,40+,42-,44-,46+/m1/s1. The van der Waals surface area contributed by atoms with E-state index in [0.717, 1.165) is 50.5 Å². The van der Waals surface area contributed by atoms with Gasteiger partial charge in [-0.2, -0.15) is 0 Å². The summed E-state index contributed by atoms with van der Waals surface area (Å²) in [5.41, 5.74) is 1.39. The largest absolute Gasteiger partial charge is 0.460 e. The number of aliphatic hydroxyl groups is 4. The lowest BCUT2D eigenvalue weighted by atomic mass is 9.80. The average molecular weight is 800 g/mol. The lowest BCUT2D eigenvalue weighted by Gasteiger charge is -2.44. The van der Waals surface area contributed by atoms with E-state index in [1.165, 1.54) is 0 Å². The predicted molar refractivity (Wildman–Crippen MR) is 220 cm³/mol. The van der Waals surface area contributed by atoms with Crippen LogP contribution >= 0.6 is 0 Å². The number of carbonyl (C=O) groups is 3. The Hall–Kier alpha value is -2.67. The molecule has 57 heavy (non-hydrogen) atoms. The smallest absolute Gasteiger partial charge is 0.329 e. The van der Waals surface area contributed by atoms with Gasteiger partial charge in [0.05, 0.1) is 24.7 Å². The first kappa shape index (κ1) is 47.0. The topological polar surface area (TPSA) is 163 Å². The van der Waals surface area contributed by atoms with Gasteiger partial charge in [-0.15, -0.1) is 0 Å². The van der Waals surface area contributed by atoms with Crippen LogP contribution in [-0.2, 0) is 28.6 Å². The summed E-state index contributed by atoms with van der Waals surface area (Å²) in [5.74, 6) is -3.47. The summed E-state index contributed by atoms with van der Waals surface area (Å²) in [6.45, 7) is 11.7. The molecule has 1 saturated carbocycles. The minimum absolute atomic E-state index is 0.0370. The molecule has 1 aliphatic carbocycles. The lowest BCUT2D eigenvalue weighted by molar-refractivity contribution is -0.284. The van der Waals surface area contributed by atoms with Crippen molar-refractivity contribution in [3.05, 3.63) is 47.6 Å². The maximum Gasteiger partial charge on any atom is 0.329 e. The summed E-state index contributed by atoms with van der Waals surface area (Å²) >= 11 is 0. The first-order chi connectivity index (χ1) is 27.0. The van der Waals surface area contributed by atoms with Crippen molar-refractivity contribution in [2.45, 2.75) is 180 Å². The number of amides is 1. The number of ketones is 1. The zero-order valence-corrected chi connectivity index (χ0v) is 35.7. The molecule has 11 atom stereocenters. The number of aliphatic hydroxyl groups excluding tert-OH is 3. The van der Waals surface area contributed by atoms with Gasteiger partial charge in [-0.25, -0.2) is 4.79 Å². The SMILES string of the molecule is CO[C@H]1C[C@@H]2CC[C@@H](C)[C@](O)(CC(=O)N3CCCC[C@H]3C(=O)O[C@H]([C@H](C)CC3CCC(O)CC3)C/C=C(/C)[C@@H](O)[C@@H](O)C(=O)[C@H](C)C[C@H](C)\C=C/C=C\C=C/1C)O2. The van der Waals surface area contributed by atoms with E-state index in [1.807, 2.05) is 58.1 Å². The summed E-state index contributed by atoms with van der Waals surface area (Å²) < 4.78 is 18.5. The summed E-state index contributed by atoms with van der Waals surface area (Å²) in [4.78, 5) is 43.1. The number of cyclic esters (lactones) is 1. The quantitative estimate of drug-likeness (QED) is 0.182. The Morgan fingerprint density at radius 2 is 1.61 bits per heavy atom. The molecule has 11 heteroatoms. The fourth-order valence-electron chi connectivity index (χ4n) is 9.19. The predicted octanol–water partition coefficient (Wildman–Crippen LogP) is 6.52. The Morgan fingerprint density at radius 1 is 0.895 bits per heavy atom. The van der Waals surface area contributed by atoms with Crippen molar-refractivity contribution in [1.29, 1.82) is 0 Å². The number of piperidine rings is 1. The van der Waals surface area contributed by atoms with Gasteiger partial charge in [0.25, 0.3) is 0 Å². The molecule has 0 unspecified atom stereocenters. The molecule has 2 bridgehead atoms. The third-order valence-electron chi connectivity index (χ3n) is 13.2. The first-order valence-corrected chi connectivity index (χ1v) is 21.7. The maximum atomic E-state index is 14.2. The molecule has 0 radical (unpaired) electrons. The molecule has 4 rings (SSSR count). The number of hydrogen-bond acceptors (Lipinski definition) is 10. The van der Waals surface area contributed by atoms with E-state index in [-0.39, 0.29) is 54.8 Å². The third-order valence-corrected chi connectivity index (χ3v) is 13.2. The molecule has 1 amide bonds. The van der Waals surface area contributed by atoms with Crippen LogP contribution in [0.5, 0.6) is 0 Å². The average Bonchev–Trinajstić information content (AvgIpc) is 3.18. The molecule has 3 fully saturated rings. The van der Waals surface area contributed by atoms with E-state index in [2.05, 4.69) is 0 Å². The molecular formula is C46H73NO10. The van der Waals surface area contributed by atoms with Gasteiger partial charge in [0.2, 0.25) is 5.91 Å². The molecule has 4 N–H and O–H groups in total. The highest BCUT2D eigenvalue weighted by atomic mass is 16.6. The third kappa shape index (κ3) is 13.4. The zero-order chi connectivity index (χ0) is 41.9. The Morgan fingerprint density at radius 3 is 2.32 bits per heavy atom. The zero-order valence-electron chi connectivity index (χ0n) is 35.7. The van der Waals surface area contributed by atoms with Crippen LogP contribution in [0.4, 0.5) is 0 Å². The first-order valence-electron chi connectivity index (χ1n) is 21.7. The fraction of sp³-hybridized carbons (Fsp3) is 0.761. The van der Waals surface area contributed by atoms with Crippen LogP contribution in [-0.4, -0.2) is 105 Å². The van der Waals surface area contributed by atoms with Crippen LogP contribution in [0.15, 0.2) is 47.6 Å². The highest BCUT2D eigenvalue weighted by Crippen LogP contribution is 2.38. The van der Waals surface area contributed by atoms with Crippen molar-refractivity contribution < 1.29 is 49.0 Å². The monoisotopic (exact) mass is 800 g/mol. The molecule has 0 aromatic heterocycles. The highest BCUT2D eigenvalue weighted by molar-refractivity contribution is 5.86. The molecule has 2 saturated heterocycles. The van der Waals surface area contributed by atoms with E-state index in [4.69, 9.17) is 14.2 Å². The number of carbonyl (C=O) groups excluding carboxylic acids is 3. The number of rotatable bonds is 4. The number of ether oxygens (including phenoxy) is 3. The summed E-state index contributed by atoms with van der Waals surface area (Å²) in [5, 5.41) is 44.2. The number of fused-ring (bicyclic) bond motifs is 3. The van der Waals surface area contributed by atoms with Gasteiger partial charge in [0.1, 0.15) is 24.4 Å². The van der Waals surface area contributed by atoms with Crippen LogP contribution in [0.2, 0.25) is 0 Å². The van der Waals surface area contributed by atoms with Crippen molar-refractivity contribution in [3.8, 4) is 0 Å². The molecule has 0 spiro atoms. The minimum atomic E-state index is -1.70. The van der Waals surface area contributed by atoms with Gasteiger partial charge in [0, 0.05) is 38.3 Å². The molecule has 3 heterocycles. The van der Waals surface area contributed by atoms with E-state index in [9.17, 15) is 34.8 Å². The molecule has 3 aliphatic heterocycles. The van der Waals surface area contributed by atoms with E-state index in [1.54, 1.807) is 31.9 Å². The van der Waals surface area contributed by atoms with Gasteiger partial charge < -0.3 is 39.5 Å². The Kier molecular flexibility index (Phi) is 18.2. The van der Waals surface area contributed by atoms with Crippen LogP contribution < -0.4 is 0 Å². The van der Waals surface area contributed by atoms with Crippen LogP contribution in [0.25, 0.3) is 0 Å². The Labute approximate surface area is 341 Å². The van der Waals surface area contributed by atoms with Gasteiger partial charge in [-0.05, 0) is 113 Å². The lowest BCUT2D eigenvalue weighted by Crippen LogP contribution is -2.54. The molecule has 0 aromatic carbocycles. The maximum absolute atomic E-state index is 14.2. The summed E-state index contributed by atoms with van der Waals surface area (Å²) in [6, 6.07) is -0.820. The number of esters is 1. The number of methoxy groups -OCH3 is 1. The van der Waals surface area contributed by atoms with Crippen molar-refractivity contribution in [2.24, 2.45) is 29.6 Å². The van der Waals surface area contributed by atoms with Crippen molar-refractivity contribution in [2.75, 3.05) is 13.7 Å². The highest BCUT2D eigenvalue weighted by Gasteiger charge is 2.46. The van der Waals surface area contributed by atoms with E-state index < -0.39 is 47.8 Å². The Balaban J connectivity index is 1.63. The second-order valence-corrected chi connectivity index (χ2v) is 17.9. The molecule has 0 aromatic rings. The number of Topliss-reactive ketones (excluding diaryl/α,β-unsaturated/α-hetero) is 1. The van der Waals surface area contributed by atoms with Gasteiger partial charge in [-0.1, -0.05) is 64.2 Å².